The van der Waals surface area contributed by atoms with E-state index in [1.54, 1.807) is 6.07 Å². The van der Waals surface area contributed by atoms with Crippen LogP contribution in [0.5, 0.6) is 0 Å². The van der Waals surface area contributed by atoms with Crippen LogP contribution in [-0.4, -0.2) is 10.7 Å². The van der Waals surface area contributed by atoms with E-state index in [0.29, 0.717) is 0 Å². The Hall–Kier alpha value is -2.55. The number of ether oxygens (including phenoxy) is 1. The van der Waals surface area contributed by atoms with Crippen molar-refractivity contribution in [3.63, 3.8) is 0 Å². The Kier molecular flexibility index (Phi) is 3.02. The lowest BCUT2D eigenvalue weighted by Crippen LogP contribution is -2.12. The molecule has 0 saturated heterocycles. The molecule has 3 aromatic rings. The van der Waals surface area contributed by atoms with Gasteiger partial charge in [-0.3, -0.25) is 0 Å². The molecule has 1 radical (unpaired) electrons. The molecule has 0 aliphatic heterocycles. The second-order valence-electron chi connectivity index (χ2n) is 4.21. The van der Waals surface area contributed by atoms with Crippen molar-refractivity contribution in [3.05, 3.63) is 72.4 Å². The summed E-state index contributed by atoms with van der Waals surface area (Å²) in [5.41, 5.74) is 1.77. The number of carbonyl (C=O) groups excluding carboxylic acids is 1. The molecule has 3 heteroatoms. The molecule has 0 saturated carbocycles. The van der Waals surface area contributed by atoms with E-state index in [1.807, 2.05) is 54.6 Å². The van der Waals surface area contributed by atoms with Crippen LogP contribution in [-0.2, 0) is 11.3 Å². The lowest BCUT2D eigenvalue weighted by molar-refractivity contribution is 0.142. The second kappa shape index (κ2) is 4.98. The molecule has 1 aromatic heterocycles. The van der Waals surface area contributed by atoms with Crippen molar-refractivity contribution in [2.45, 2.75) is 6.61 Å². The molecule has 93 valence electrons. The first-order valence-corrected chi connectivity index (χ1v) is 6.04. The highest BCUT2D eigenvalue weighted by atomic mass is 16.5. The number of nitrogens with zero attached hydrogens (tertiary/aromatic N) is 1. The molecule has 19 heavy (non-hydrogen) atoms. The van der Waals surface area contributed by atoms with Crippen LogP contribution in [0, 0.1) is 6.20 Å². The molecule has 1 heterocycles. The van der Waals surface area contributed by atoms with Crippen molar-refractivity contribution in [3.8, 4) is 0 Å². The Morgan fingerprint density at radius 3 is 2.63 bits per heavy atom. The van der Waals surface area contributed by atoms with Gasteiger partial charge in [0.2, 0.25) is 0 Å². The molecular formula is C16H12NO2. The fourth-order valence-electron chi connectivity index (χ4n) is 1.95. The van der Waals surface area contributed by atoms with Crippen LogP contribution >= 0.6 is 0 Å². The average molecular weight is 250 g/mol. The molecular weight excluding hydrogens is 238 g/mol. The molecule has 3 nitrogen and oxygen atoms in total. The summed E-state index contributed by atoms with van der Waals surface area (Å²) >= 11 is 0. The minimum absolute atomic E-state index is 0.264. The zero-order chi connectivity index (χ0) is 13.1. The van der Waals surface area contributed by atoms with E-state index in [2.05, 4.69) is 6.20 Å². The Morgan fingerprint density at radius 2 is 1.79 bits per heavy atom. The molecule has 0 aliphatic carbocycles. The van der Waals surface area contributed by atoms with Gasteiger partial charge in [0, 0.05) is 5.39 Å². The average Bonchev–Trinajstić information content (AvgIpc) is 2.90. The SMILES string of the molecule is O=C(OCc1ccccc1)n1[c]cc2ccccc21. The number of fused-ring (bicyclic) bond motifs is 1. The van der Waals surface area contributed by atoms with Crippen LogP contribution in [0.2, 0.25) is 0 Å². The summed E-state index contributed by atoms with van der Waals surface area (Å²) in [5.74, 6) is 0. The predicted molar refractivity (Wildman–Crippen MR) is 72.8 cm³/mol. The maximum Gasteiger partial charge on any atom is 0.419 e. The van der Waals surface area contributed by atoms with Gasteiger partial charge >= 0.3 is 6.09 Å². The van der Waals surface area contributed by atoms with Gasteiger partial charge < -0.3 is 4.74 Å². The van der Waals surface area contributed by atoms with Crippen molar-refractivity contribution in [2.75, 3.05) is 0 Å². The summed E-state index contributed by atoms with van der Waals surface area (Å²) in [7, 11) is 0. The molecule has 3 rings (SSSR count). The van der Waals surface area contributed by atoms with Crippen molar-refractivity contribution in [1.82, 2.24) is 4.57 Å². The highest BCUT2D eigenvalue weighted by molar-refractivity contribution is 5.89. The predicted octanol–water partition coefficient (Wildman–Crippen LogP) is 3.63. The monoisotopic (exact) mass is 250 g/mol. The number of carbonyl (C=O) groups is 1. The third-order valence-corrected chi connectivity index (χ3v) is 2.91. The van der Waals surface area contributed by atoms with Gasteiger partial charge in [-0.25, -0.2) is 9.36 Å². The van der Waals surface area contributed by atoms with E-state index in [0.717, 1.165) is 16.5 Å². The smallest absolute Gasteiger partial charge is 0.419 e. The van der Waals surface area contributed by atoms with Crippen molar-refractivity contribution >= 4 is 17.0 Å². The summed E-state index contributed by atoms with van der Waals surface area (Å²) in [4.78, 5) is 12.0. The number of aromatic nitrogens is 1. The van der Waals surface area contributed by atoms with E-state index < -0.39 is 6.09 Å². The molecule has 0 fully saturated rings. The summed E-state index contributed by atoms with van der Waals surface area (Å²) in [5, 5.41) is 0.971. The van der Waals surface area contributed by atoms with Crippen LogP contribution in [0.3, 0.4) is 0 Å². The minimum atomic E-state index is -0.412. The molecule has 0 spiro atoms. The van der Waals surface area contributed by atoms with Gasteiger partial charge in [0.15, 0.2) is 0 Å². The molecule has 0 N–H and O–H groups in total. The Labute approximate surface area is 111 Å². The lowest BCUT2D eigenvalue weighted by Gasteiger charge is -2.06. The van der Waals surface area contributed by atoms with Gasteiger partial charge in [-0.15, -0.1) is 0 Å². The third kappa shape index (κ3) is 2.36. The lowest BCUT2D eigenvalue weighted by atomic mass is 10.2. The largest absolute Gasteiger partial charge is 0.444 e. The normalized spacial score (nSPS) is 10.5. The summed E-state index contributed by atoms with van der Waals surface area (Å²) in [6.07, 6.45) is 2.48. The number of hydrogen-bond acceptors (Lipinski definition) is 2. The van der Waals surface area contributed by atoms with Crippen LogP contribution in [0.4, 0.5) is 4.79 Å². The topological polar surface area (TPSA) is 31.2 Å². The number of hydrogen-bond donors (Lipinski definition) is 0. The Balaban J connectivity index is 1.77. The van der Waals surface area contributed by atoms with Gasteiger partial charge in [0.25, 0.3) is 0 Å². The van der Waals surface area contributed by atoms with E-state index in [-0.39, 0.29) is 6.61 Å². The summed E-state index contributed by atoms with van der Waals surface area (Å²) < 4.78 is 6.67. The quantitative estimate of drug-likeness (QED) is 0.695. The zero-order valence-electron chi connectivity index (χ0n) is 10.2. The second-order valence-corrected chi connectivity index (χ2v) is 4.21. The highest BCUT2D eigenvalue weighted by Crippen LogP contribution is 2.15. The maximum atomic E-state index is 12.0. The molecule has 0 bridgehead atoms. The maximum absolute atomic E-state index is 12.0. The molecule has 2 aromatic carbocycles. The van der Waals surface area contributed by atoms with Gasteiger partial charge in [-0.1, -0.05) is 48.5 Å². The van der Waals surface area contributed by atoms with Gasteiger partial charge in [-0.2, -0.15) is 0 Å². The first-order valence-electron chi connectivity index (χ1n) is 6.04. The van der Waals surface area contributed by atoms with Crippen molar-refractivity contribution < 1.29 is 9.53 Å². The van der Waals surface area contributed by atoms with Gasteiger partial charge in [0.05, 0.1) is 11.7 Å². The Morgan fingerprint density at radius 1 is 1.05 bits per heavy atom. The van der Waals surface area contributed by atoms with E-state index in [9.17, 15) is 4.79 Å². The van der Waals surface area contributed by atoms with Crippen LogP contribution in [0.25, 0.3) is 10.9 Å². The van der Waals surface area contributed by atoms with Crippen LogP contribution in [0.15, 0.2) is 60.7 Å². The fraction of sp³-hybridized carbons (Fsp3) is 0.0625. The number of rotatable bonds is 2. The summed E-state index contributed by atoms with van der Waals surface area (Å²) in [6, 6.07) is 19.0. The van der Waals surface area contributed by atoms with E-state index >= 15 is 0 Å². The number of para-hydroxylation sites is 1. The summed E-state index contributed by atoms with van der Waals surface area (Å²) in [6.45, 7) is 0.264. The van der Waals surface area contributed by atoms with Crippen LogP contribution < -0.4 is 0 Å². The Bertz CT molecular complexity index is 701. The minimum Gasteiger partial charge on any atom is -0.444 e. The molecule has 0 aliphatic rings. The molecule has 0 unspecified atom stereocenters. The molecule has 0 atom stereocenters. The third-order valence-electron chi connectivity index (χ3n) is 2.91. The van der Waals surface area contributed by atoms with Crippen molar-refractivity contribution in [2.24, 2.45) is 0 Å². The van der Waals surface area contributed by atoms with E-state index in [1.165, 1.54) is 4.57 Å². The van der Waals surface area contributed by atoms with Gasteiger partial charge in [-0.05, 0) is 17.7 Å². The van der Waals surface area contributed by atoms with E-state index in [4.69, 9.17) is 4.74 Å². The first kappa shape index (κ1) is 11.5. The fourth-order valence-corrected chi connectivity index (χ4v) is 1.95. The zero-order valence-corrected chi connectivity index (χ0v) is 10.2. The van der Waals surface area contributed by atoms with Crippen LogP contribution in [0.1, 0.15) is 5.56 Å². The standard InChI is InChI=1S/C16H12NO2/c18-16(19-12-13-6-2-1-3-7-13)17-11-10-14-8-4-5-9-15(14)17/h1-10H,12H2. The van der Waals surface area contributed by atoms with Gasteiger partial charge in [0.1, 0.15) is 6.61 Å². The number of benzene rings is 2. The first-order chi connectivity index (χ1) is 9.34. The highest BCUT2D eigenvalue weighted by Gasteiger charge is 2.09. The molecule has 0 amide bonds. The van der Waals surface area contributed by atoms with Crippen molar-refractivity contribution in [1.29, 1.82) is 0 Å².